The highest BCUT2D eigenvalue weighted by molar-refractivity contribution is 5.01. The highest BCUT2D eigenvalue weighted by Crippen LogP contribution is 2.30. The largest absolute Gasteiger partial charge is 0.389 e. The van der Waals surface area contributed by atoms with Gasteiger partial charge in [0.05, 0.1) is 11.3 Å². The van der Waals surface area contributed by atoms with Crippen molar-refractivity contribution in [2.75, 3.05) is 0 Å². The van der Waals surface area contributed by atoms with Crippen LogP contribution >= 0.6 is 0 Å². The number of nitrogens with two attached hydrogens (primary N) is 1. The molecule has 0 aliphatic heterocycles. The minimum atomic E-state index is -0.673. The molecule has 3 N–H and O–H groups in total. The first kappa shape index (κ1) is 10.6. The molecule has 5 nitrogen and oxygen atoms in total. The maximum absolute atomic E-state index is 10.3. The van der Waals surface area contributed by atoms with Gasteiger partial charge in [0.15, 0.2) is 0 Å². The van der Waals surface area contributed by atoms with E-state index in [0.717, 1.165) is 25.0 Å². The maximum Gasteiger partial charge on any atom is 0.0855 e. The van der Waals surface area contributed by atoms with Crippen LogP contribution < -0.4 is 5.73 Å². The Labute approximate surface area is 89.3 Å². The molecular weight excluding hydrogens is 192 g/mol. The summed E-state index contributed by atoms with van der Waals surface area (Å²) in [5.41, 5.74) is 6.04. The van der Waals surface area contributed by atoms with Crippen LogP contribution in [0.15, 0.2) is 6.20 Å². The second-order valence-electron chi connectivity index (χ2n) is 4.64. The molecule has 2 atom stereocenters. The molecule has 0 bridgehead atoms. The summed E-state index contributed by atoms with van der Waals surface area (Å²) in [6.07, 6.45) is 5.91. The molecule has 0 radical (unpaired) electrons. The van der Waals surface area contributed by atoms with Crippen molar-refractivity contribution in [2.24, 2.45) is 12.8 Å². The normalized spacial score (nSPS) is 31.8. The van der Waals surface area contributed by atoms with E-state index in [4.69, 9.17) is 5.73 Å². The van der Waals surface area contributed by atoms with Crippen LogP contribution in [0.25, 0.3) is 0 Å². The summed E-state index contributed by atoms with van der Waals surface area (Å²) in [6, 6.07) is 0.125. The van der Waals surface area contributed by atoms with Gasteiger partial charge in [0.1, 0.15) is 0 Å². The van der Waals surface area contributed by atoms with E-state index in [1.807, 2.05) is 13.2 Å². The van der Waals surface area contributed by atoms with Crippen molar-refractivity contribution in [1.82, 2.24) is 15.0 Å². The Kier molecular flexibility index (Phi) is 2.75. The summed E-state index contributed by atoms with van der Waals surface area (Å²) in [4.78, 5) is 0. The molecule has 1 saturated carbocycles. The molecule has 0 amide bonds. The SMILES string of the molecule is Cn1cc(CC2(O)CCCC(N)C2)nn1. The number of aryl methyl sites for hydroxylation is 1. The zero-order chi connectivity index (χ0) is 10.9. The van der Waals surface area contributed by atoms with Crippen molar-refractivity contribution < 1.29 is 5.11 Å². The molecule has 0 spiro atoms. The molecule has 1 aliphatic carbocycles. The van der Waals surface area contributed by atoms with E-state index in [2.05, 4.69) is 10.3 Å². The summed E-state index contributed by atoms with van der Waals surface area (Å²) < 4.78 is 1.65. The van der Waals surface area contributed by atoms with Gasteiger partial charge in [-0.2, -0.15) is 0 Å². The highest BCUT2D eigenvalue weighted by Gasteiger charge is 2.33. The molecule has 1 fully saturated rings. The number of aliphatic hydroxyl groups is 1. The van der Waals surface area contributed by atoms with Crippen LogP contribution in [0.3, 0.4) is 0 Å². The second-order valence-corrected chi connectivity index (χ2v) is 4.64. The topological polar surface area (TPSA) is 77.0 Å². The Morgan fingerprint density at radius 3 is 3.13 bits per heavy atom. The molecule has 2 unspecified atom stereocenters. The lowest BCUT2D eigenvalue weighted by atomic mass is 9.79. The van der Waals surface area contributed by atoms with Crippen LogP contribution in [-0.2, 0) is 13.5 Å². The lowest BCUT2D eigenvalue weighted by Crippen LogP contribution is -2.42. The van der Waals surface area contributed by atoms with Crippen LogP contribution in [0, 0.1) is 0 Å². The monoisotopic (exact) mass is 210 g/mol. The van der Waals surface area contributed by atoms with E-state index in [0.29, 0.717) is 12.8 Å². The van der Waals surface area contributed by atoms with Gasteiger partial charge in [0.2, 0.25) is 0 Å². The summed E-state index contributed by atoms with van der Waals surface area (Å²) >= 11 is 0. The third kappa shape index (κ3) is 2.54. The van der Waals surface area contributed by atoms with E-state index >= 15 is 0 Å². The Morgan fingerprint density at radius 2 is 2.53 bits per heavy atom. The molecule has 2 rings (SSSR count). The summed E-state index contributed by atoms with van der Waals surface area (Å²) in [5, 5.41) is 18.2. The predicted molar refractivity (Wildman–Crippen MR) is 56.1 cm³/mol. The Balaban J connectivity index is 2.03. The minimum Gasteiger partial charge on any atom is -0.389 e. The van der Waals surface area contributed by atoms with Gasteiger partial charge in [-0.15, -0.1) is 5.10 Å². The average molecular weight is 210 g/mol. The smallest absolute Gasteiger partial charge is 0.0855 e. The third-order valence-corrected chi connectivity index (χ3v) is 3.02. The van der Waals surface area contributed by atoms with Gasteiger partial charge in [0.25, 0.3) is 0 Å². The Bertz CT molecular complexity index is 338. The van der Waals surface area contributed by atoms with E-state index in [1.54, 1.807) is 4.68 Å². The number of nitrogens with zero attached hydrogens (tertiary/aromatic N) is 3. The fourth-order valence-corrected chi connectivity index (χ4v) is 2.36. The lowest BCUT2D eigenvalue weighted by molar-refractivity contribution is -0.00272. The van der Waals surface area contributed by atoms with Gasteiger partial charge in [-0.25, -0.2) is 0 Å². The minimum absolute atomic E-state index is 0.125. The van der Waals surface area contributed by atoms with Crippen molar-refractivity contribution in [3.63, 3.8) is 0 Å². The van der Waals surface area contributed by atoms with E-state index in [1.165, 1.54) is 0 Å². The Morgan fingerprint density at radius 1 is 1.73 bits per heavy atom. The van der Waals surface area contributed by atoms with Crippen LogP contribution in [0.2, 0.25) is 0 Å². The molecule has 1 aromatic heterocycles. The van der Waals surface area contributed by atoms with E-state index < -0.39 is 5.60 Å². The van der Waals surface area contributed by atoms with Gasteiger partial charge in [-0.3, -0.25) is 4.68 Å². The molecule has 1 heterocycles. The summed E-state index contributed by atoms with van der Waals surface area (Å²) in [6.45, 7) is 0. The maximum atomic E-state index is 10.3. The number of aromatic nitrogens is 3. The van der Waals surface area contributed by atoms with Crippen LogP contribution in [-0.4, -0.2) is 31.7 Å². The third-order valence-electron chi connectivity index (χ3n) is 3.02. The standard InChI is InChI=1S/C10H18N4O/c1-14-7-9(12-13-14)6-10(15)4-2-3-8(11)5-10/h7-8,15H,2-6,11H2,1H3. The number of hydrogen-bond donors (Lipinski definition) is 2. The van der Waals surface area contributed by atoms with E-state index in [-0.39, 0.29) is 6.04 Å². The van der Waals surface area contributed by atoms with E-state index in [9.17, 15) is 5.11 Å². The van der Waals surface area contributed by atoms with Gasteiger partial charge in [-0.05, 0) is 25.7 Å². The van der Waals surface area contributed by atoms with Gasteiger partial charge >= 0.3 is 0 Å². The fourth-order valence-electron chi connectivity index (χ4n) is 2.36. The average Bonchev–Trinajstić information content (AvgIpc) is 2.49. The van der Waals surface area contributed by atoms with Crippen LogP contribution in [0.5, 0.6) is 0 Å². The second kappa shape index (κ2) is 3.90. The summed E-state index contributed by atoms with van der Waals surface area (Å²) in [5.74, 6) is 0. The molecule has 1 aromatic rings. The van der Waals surface area contributed by atoms with Crippen LogP contribution in [0.4, 0.5) is 0 Å². The lowest BCUT2D eigenvalue weighted by Gasteiger charge is -2.34. The zero-order valence-electron chi connectivity index (χ0n) is 9.06. The van der Waals surface area contributed by atoms with Gasteiger partial charge in [0, 0.05) is 25.7 Å². The first-order valence-electron chi connectivity index (χ1n) is 5.41. The van der Waals surface area contributed by atoms with Crippen molar-refractivity contribution in [3.05, 3.63) is 11.9 Å². The molecule has 15 heavy (non-hydrogen) atoms. The molecule has 84 valence electrons. The van der Waals surface area contributed by atoms with Crippen LogP contribution in [0.1, 0.15) is 31.4 Å². The first-order chi connectivity index (χ1) is 7.07. The van der Waals surface area contributed by atoms with Crippen molar-refractivity contribution >= 4 is 0 Å². The molecular formula is C10H18N4O. The first-order valence-corrected chi connectivity index (χ1v) is 5.41. The number of rotatable bonds is 2. The van der Waals surface area contributed by atoms with Crippen molar-refractivity contribution in [2.45, 2.75) is 43.7 Å². The molecule has 0 saturated heterocycles. The summed E-state index contributed by atoms with van der Waals surface area (Å²) in [7, 11) is 1.83. The highest BCUT2D eigenvalue weighted by atomic mass is 16.3. The fraction of sp³-hybridized carbons (Fsp3) is 0.800. The molecule has 0 aromatic carbocycles. The Hall–Kier alpha value is -0.940. The predicted octanol–water partition coefficient (Wildman–Crippen LogP) is -0.0100. The van der Waals surface area contributed by atoms with Gasteiger partial charge < -0.3 is 10.8 Å². The zero-order valence-corrected chi connectivity index (χ0v) is 9.06. The quantitative estimate of drug-likeness (QED) is 0.719. The van der Waals surface area contributed by atoms with Crippen molar-refractivity contribution in [1.29, 1.82) is 0 Å². The van der Waals surface area contributed by atoms with Gasteiger partial charge in [-0.1, -0.05) is 5.21 Å². The number of hydrogen-bond acceptors (Lipinski definition) is 4. The molecule has 5 heteroatoms. The van der Waals surface area contributed by atoms with Crippen molar-refractivity contribution in [3.8, 4) is 0 Å². The molecule has 1 aliphatic rings.